The average molecular weight is 264 g/mol. The maximum Gasteiger partial charge on any atom is 0.159 e. The Morgan fingerprint density at radius 1 is 1.16 bits per heavy atom. The van der Waals surface area contributed by atoms with Crippen LogP contribution in [0.2, 0.25) is 0 Å². The lowest BCUT2D eigenvalue weighted by Gasteiger charge is -2.05. The maximum absolute atomic E-state index is 13.0. The molecule has 0 spiro atoms. The van der Waals surface area contributed by atoms with Crippen LogP contribution in [0, 0.1) is 11.6 Å². The summed E-state index contributed by atoms with van der Waals surface area (Å²) in [4.78, 5) is 8.08. The smallest absolute Gasteiger partial charge is 0.159 e. The van der Waals surface area contributed by atoms with Crippen molar-refractivity contribution in [3.05, 3.63) is 53.5 Å². The van der Waals surface area contributed by atoms with Crippen LogP contribution in [0.3, 0.4) is 0 Å². The van der Waals surface area contributed by atoms with Crippen molar-refractivity contribution in [3.63, 3.8) is 0 Å². The molecule has 1 aromatic heterocycles. The lowest BCUT2D eigenvalue weighted by Crippen LogP contribution is -2.18. The monoisotopic (exact) mass is 264 g/mol. The van der Waals surface area contributed by atoms with Crippen molar-refractivity contribution in [2.24, 2.45) is 0 Å². The molecule has 1 aromatic carbocycles. The third-order valence-corrected chi connectivity index (χ3v) is 2.58. The van der Waals surface area contributed by atoms with Gasteiger partial charge in [0.2, 0.25) is 0 Å². The van der Waals surface area contributed by atoms with Crippen molar-refractivity contribution in [2.45, 2.75) is 13.0 Å². The Balaban J connectivity index is 1.79. The van der Waals surface area contributed by atoms with E-state index in [1.165, 1.54) is 6.07 Å². The molecule has 6 heteroatoms. The van der Waals surface area contributed by atoms with Gasteiger partial charge in [0.25, 0.3) is 0 Å². The van der Waals surface area contributed by atoms with Gasteiger partial charge in [0.1, 0.15) is 11.6 Å². The van der Waals surface area contributed by atoms with Crippen LogP contribution in [0.25, 0.3) is 0 Å². The van der Waals surface area contributed by atoms with Gasteiger partial charge in [0.05, 0.1) is 6.54 Å². The summed E-state index contributed by atoms with van der Waals surface area (Å²) < 4.78 is 25.7. The molecule has 1 heterocycles. The van der Waals surface area contributed by atoms with E-state index in [4.69, 9.17) is 5.73 Å². The first-order valence-corrected chi connectivity index (χ1v) is 5.87. The summed E-state index contributed by atoms with van der Waals surface area (Å²) in [5, 5.41) is 3.11. The fourth-order valence-corrected chi connectivity index (χ4v) is 1.63. The number of hydrogen-bond acceptors (Lipinski definition) is 4. The van der Waals surface area contributed by atoms with Gasteiger partial charge in [-0.05, 0) is 36.7 Å². The Bertz CT molecular complexity index is 560. The van der Waals surface area contributed by atoms with Crippen LogP contribution in [0.15, 0.2) is 30.5 Å². The molecule has 0 amide bonds. The molecule has 19 heavy (non-hydrogen) atoms. The van der Waals surface area contributed by atoms with Crippen LogP contribution >= 0.6 is 0 Å². The number of nitrogens with two attached hydrogens (primary N) is 1. The molecule has 0 unspecified atom stereocenters. The minimum Gasteiger partial charge on any atom is -0.384 e. The number of nitrogen functional groups attached to an aromatic ring is 1. The zero-order valence-corrected chi connectivity index (χ0v) is 10.2. The Labute approximate surface area is 109 Å². The normalized spacial score (nSPS) is 10.6. The van der Waals surface area contributed by atoms with Crippen LogP contribution in [0.1, 0.15) is 11.4 Å². The average Bonchev–Trinajstić information content (AvgIpc) is 2.39. The predicted octanol–water partition coefficient (Wildman–Crippen LogP) is 1.67. The Morgan fingerprint density at radius 2 is 2.00 bits per heavy atom. The van der Waals surface area contributed by atoms with Gasteiger partial charge in [0, 0.05) is 6.20 Å². The summed E-state index contributed by atoms with van der Waals surface area (Å²) in [6.07, 6.45) is 2.19. The molecule has 0 saturated carbocycles. The molecule has 0 aliphatic carbocycles. The van der Waals surface area contributed by atoms with Crippen molar-refractivity contribution in [2.75, 3.05) is 12.3 Å². The zero-order chi connectivity index (χ0) is 13.7. The summed E-state index contributed by atoms with van der Waals surface area (Å²) in [7, 11) is 0. The molecule has 3 N–H and O–H groups in total. The fraction of sp³-hybridized carbons (Fsp3) is 0.231. The third-order valence-electron chi connectivity index (χ3n) is 2.58. The molecule has 0 atom stereocenters. The number of aromatic nitrogens is 2. The highest BCUT2D eigenvalue weighted by atomic mass is 19.2. The first kappa shape index (κ1) is 13.4. The second-order valence-corrected chi connectivity index (χ2v) is 4.07. The fourth-order valence-electron chi connectivity index (χ4n) is 1.63. The number of rotatable bonds is 5. The van der Waals surface area contributed by atoms with E-state index in [2.05, 4.69) is 15.3 Å². The largest absolute Gasteiger partial charge is 0.384 e. The van der Waals surface area contributed by atoms with Crippen LogP contribution < -0.4 is 11.1 Å². The number of hydrogen-bond donors (Lipinski definition) is 2. The van der Waals surface area contributed by atoms with Crippen LogP contribution in [0.4, 0.5) is 14.6 Å². The molecule has 0 aliphatic rings. The van der Waals surface area contributed by atoms with Gasteiger partial charge in [-0.15, -0.1) is 0 Å². The minimum atomic E-state index is -0.829. The van der Waals surface area contributed by atoms with Crippen molar-refractivity contribution < 1.29 is 8.78 Å². The minimum absolute atomic E-state index is 0.424. The number of nitrogens with one attached hydrogen (secondary N) is 1. The van der Waals surface area contributed by atoms with E-state index in [-0.39, 0.29) is 0 Å². The zero-order valence-electron chi connectivity index (χ0n) is 10.2. The molecule has 100 valence electrons. The second kappa shape index (κ2) is 6.19. The predicted molar refractivity (Wildman–Crippen MR) is 68.2 cm³/mol. The number of halogens is 2. The lowest BCUT2D eigenvalue weighted by atomic mass is 10.1. The third kappa shape index (κ3) is 3.96. The van der Waals surface area contributed by atoms with E-state index in [0.29, 0.717) is 31.2 Å². The molecule has 0 fully saturated rings. The number of nitrogens with zero attached hydrogens (tertiary/aromatic N) is 2. The van der Waals surface area contributed by atoms with Gasteiger partial charge in [-0.3, -0.25) is 0 Å². The van der Waals surface area contributed by atoms with Crippen molar-refractivity contribution >= 4 is 5.82 Å². The highest BCUT2D eigenvalue weighted by Crippen LogP contribution is 2.08. The highest BCUT2D eigenvalue weighted by Gasteiger charge is 2.02. The first-order chi connectivity index (χ1) is 9.15. The second-order valence-electron chi connectivity index (χ2n) is 4.07. The van der Waals surface area contributed by atoms with Gasteiger partial charge >= 0.3 is 0 Å². The Morgan fingerprint density at radius 3 is 2.74 bits per heavy atom. The molecule has 0 bridgehead atoms. The van der Waals surface area contributed by atoms with Gasteiger partial charge in [-0.25, -0.2) is 18.7 Å². The van der Waals surface area contributed by atoms with Gasteiger partial charge in [0.15, 0.2) is 11.6 Å². The van der Waals surface area contributed by atoms with E-state index in [0.717, 1.165) is 11.6 Å². The Kier molecular flexibility index (Phi) is 4.35. The molecular formula is C13H14F2N4. The molecule has 4 nitrogen and oxygen atoms in total. The van der Waals surface area contributed by atoms with E-state index >= 15 is 0 Å². The molecule has 0 aliphatic heterocycles. The van der Waals surface area contributed by atoms with E-state index in [9.17, 15) is 8.78 Å². The van der Waals surface area contributed by atoms with Crippen molar-refractivity contribution in [1.82, 2.24) is 15.3 Å². The van der Waals surface area contributed by atoms with Gasteiger partial charge < -0.3 is 11.1 Å². The summed E-state index contributed by atoms with van der Waals surface area (Å²) in [5.74, 6) is -0.626. The summed E-state index contributed by atoms with van der Waals surface area (Å²) in [6, 6.07) is 5.52. The molecule has 0 saturated heterocycles. The first-order valence-electron chi connectivity index (χ1n) is 5.87. The van der Waals surface area contributed by atoms with E-state index < -0.39 is 11.6 Å². The quantitative estimate of drug-likeness (QED) is 0.806. The van der Waals surface area contributed by atoms with Gasteiger partial charge in [-0.2, -0.15) is 0 Å². The van der Waals surface area contributed by atoms with Crippen molar-refractivity contribution in [3.8, 4) is 0 Å². The van der Waals surface area contributed by atoms with Gasteiger partial charge in [-0.1, -0.05) is 6.07 Å². The molecule has 0 radical (unpaired) electrons. The Hall–Kier alpha value is -2.08. The number of benzene rings is 1. The SMILES string of the molecule is Nc1ccnc(CNCCc2ccc(F)c(F)c2)n1. The van der Waals surface area contributed by atoms with Crippen LogP contribution in [0.5, 0.6) is 0 Å². The van der Waals surface area contributed by atoms with Crippen LogP contribution in [-0.2, 0) is 13.0 Å². The highest BCUT2D eigenvalue weighted by molar-refractivity contribution is 5.25. The lowest BCUT2D eigenvalue weighted by molar-refractivity contribution is 0.506. The summed E-state index contributed by atoms with van der Waals surface area (Å²) in [6.45, 7) is 1.10. The standard InChI is InChI=1S/C13H14F2N4/c14-10-2-1-9(7-11(10)15)3-5-17-8-13-18-6-4-12(16)19-13/h1-2,4,6-7,17H,3,5,8H2,(H2,16,18,19). The molecule has 2 rings (SSSR count). The van der Waals surface area contributed by atoms with E-state index in [1.807, 2.05) is 0 Å². The van der Waals surface area contributed by atoms with E-state index in [1.54, 1.807) is 18.3 Å². The maximum atomic E-state index is 13.0. The topological polar surface area (TPSA) is 63.8 Å². The number of anilines is 1. The molecular weight excluding hydrogens is 250 g/mol. The summed E-state index contributed by atoms with van der Waals surface area (Å²) in [5.41, 5.74) is 6.26. The molecule has 2 aromatic rings. The van der Waals surface area contributed by atoms with Crippen LogP contribution in [-0.4, -0.2) is 16.5 Å². The summed E-state index contributed by atoms with van der Waals surface area (Å²) >= 11 is 0. The van der Waals surface area contributed by atoms with Crippen molar-refractivity contribution in [1.29, 1.82) is 0 Å².